The molecule has 1 aliphatic heterocycles. The number of hydrogen-bond donors (Lipinski definition) is 0. The lowest BCUT2D eigenvalue weighted by Crippen LogP contribution is -1.99. The molecule has 2 heterocycles. The molecule has 0 spiro atoms. The van der Waals surface area contributed by atoms with E-state index in [2.05, 4.69) is 0 Å². The Morgan fingerprint density at radius 2 is 1.97 bits per heavy atom. The van der Waals surface area contributed by atoms with Crippen molar-refractivity contribution in [3.63, 3.8) is 0 Å². The molecule has 0 saturated heterocycles. The molecule has 0 amide bonds. The third-order valence-corrected chi connectivity index (χ3v) is 5.65. The fourth-order valence-electron chi connectivity index (χ4n) is 3.71. The molecule has 154 valence electrons. The predicted octanol–water partition coefficient (Wildman–Crippen LogP) is 6.17. The number of nitrogens with zero attached hydrogens (tertiary/aromatic N) is 1. The molecule has 4 nitrogen and oxygen atoms in total. The standard InChI is InChI=1S/C25H17ClFNO3/c1-28-13-15(17-5-2-3-8-22(17)28)11-24-25(29)18-10-9-16(12-23(18)31-24)30-14-19-20(26)6-4-7-21(19)27/h2-13H,14H2,1H3. The molecule has 3 aromatic carbocycles. The largest absolute Gasteiger partial charge is 0.489 e. The zero-order chi connectivity index (χ0) is 21.5. The minimum atomic E-state index is -0.430. The number of aryl methyl sites for hydroxylation is 1. The summed E-state index contributed by atoms with van der Waals surface area (Å²) >= 11 is 6.05. The van der Waals surface area contributed by atoms with E-state index >= 15 is 0 Å². The summed E-state index contributed by atoms with van der Waals surface area (Å²) in [4.78, 5) is 12.8. The minimum absolute atomic E-state index is 0.0308. The Bertz CT molecular complexity index is 1350. The number of rotatable bonds is 4. The van der Waals surface area contributed by atoms with Crippen LogP contribution in [-0.2, 0) is 13.7 Å². The van der Waals surface area contributed by atoms with Gasteiger partial charge in [0.05, 0.1) is 10.6 Å². The van der Waals surface area contributed by atoms with Crippen LogP contribution in [0.5, 0.6) is 11.5 Å². The number of para-hydroxylation sites is 1. The number of aromatic nitrogens is 1. The van der Waals surface area contributed by atoms with Crippen LogP contribution in [0.3, 0.4) is 0 Å². The summed E-state index contributed by atoms with van der Waals surface area (Å²) in [5.41, 5.74) is 2.71. The number of benzene rings is 3. The number of fused-ring (bicyclic) bond motifs is 2. The highest BCUT2D eigenvalue weighted by Crippen LogP contribution is 2.36. The van der Waals surface area contributed by atoms with Crippen molar-refractivity contribution in [2.45, 2.75) is 6.61 Å². The second-order valence-electron chi connectivity index (χ2n) is 7.30. The molecule has 1 aromatic heterocycles. The summed E-state index contributed by atoms with van der Waals surface area (Å²) in [5, 5.41) is 1.34. The van der Waals surface area contributed by atoms with Gasteiger partial charge < -0.3 is 14.0 Å². The molecular weight excluding hydrogens is 417 g/mol. The number of hydrogen-bond acceptors (Lipinski definition) is 3. The highest BCUT2D eigenvalue weighted by Gasteiger charge is 2.28. The lowest BCUT2D eigenvalue weighted by atomic mass is 10.1. The van der Waals surface area contributed by atoms with E-state index in [-0.39, 0.29) is 23.7 Å². The number of carbonyl (C=O) groups is 1. The summed E-state index contributed by atoms with van der Waals surface area (Å²) in [6, 6.07) is 17.4. The van der Waals surface area contributed by atoms with Crippen molar-refractivity contribution >= 4 is 34.4 Å². The SMILES string of the molecule is Cn1cc(C=C2Oc3cc(OCc4c(F)cccc4Cl)ccc3C2=O)c2ccccc21. The Hall–Kier alpha value is -3.57. The van der Waals surface area contributed by atoms with Crippen molar-refractivity contribution in [1.29, 1.82) is 0 Å². The Labute approximate surface area is 183 Å². The van der Waals surface area contributed by atoms with Gasteiger partial charge in [-0.05, 0) is 36.4 Å². The third-order valence-electron chi connectivity index (χ3n) is 5.30. The van der Waals surface area contributed by atoms with Crippen LogP contribution in [0.4, 0.5) is 4.39 Å². The maximum Gasteiger partial charge on any atom is 0.231 e. The van der Waals surface area contributed by atoms with Gasteiger partial charge in [0.15, 0.2) is 5.76 Å². The van der Waals surface area contributed by atoms with E-state index in [4.69, 9.17) is 21.1 Å². The van der Waals surface area contributed by atoms with Crippen LogP contribution in [0, 0.1) is 5.82 Å². The van der Waals surface area contributed by atoms with Crippen LogP contribution in [-0.4, -0.2) is 10.4 Å². The van der Waals surface area contributed by atoms with E-state index in [1.165, 1.54) is 6.07 Å². The third kappa shape index (κ3) is 3.47. The summed E-state index contributed by atoms with van der Waals surface area (Å²) in [6.45, 7) is -0.0308. The van der Waals surface area contributed by atoms with Crippen molar-refractivity contribution in [3.8, 4) is 11.5 Å². The van der Waals surface area contributed by atoms with Crippen LogP contribution in [0.2, 0.25) is 5.02 Å². The molecule has 31 heavy (non-hydrogen) atoms. The Morgan fingerprint density at radius 3 is 2.81 bits per heavy atom. The van der Waals surface area contributed by atoms with Crippen LogP contribution >= 0.6 is 11.6 Å². The van der Waals surface area contributed by atoms with Gasteiger partial charge in [0.1, 0.15) is 23.9 Å². The average molecular weight is 434 g/mol. The van der Waals surface area contributed by atoms with Crippen molar-refractivity contribution < 1.29 is 18.7 Å². The number of ketones is 1. The van der Waals surface area contributed by atoms with Crippen LogP contribution in [0.25, 0.3) is 17.0 Å². The molecule has 0 aliphatic carbocycles. The van der Waals surface area contributed by atoms with Gasteiger partial charge in [0.2, 0.25) is 5.78 Å². The highest BCUT2D eigenvalue weighted by molar-refractivity contribution is 6.31. The number of carbonyl (C=O) groups excluding carboxylic acids is 1. The smallest absolute Gasteiger partial charge is 0.231 e. The van der Waals surface area contributed by atoms with Gasteiger partial charge in [-0.25, -0.2) is 4.39 Å². The maximum absolute atomic E-state index is 14.0. The van der Waals surface area contributed by atoms with Crippen LogP contribution < -0.4 is 9.47 Å². The van der Waals surface area contributed by atoms with Crippen molar-refractivity contribution in [2.75, 3.05) is 0 Å². The molecule has 0 N–H and O–H groups in total. The zero-order valence-electron chi connectivity index (χ0n) is 16.6. The number of allylic oxidation sites excluding steroid dienone is 1. The first kappa shape index (κ1) is 19.4. The summed E-state index contributed by atoms with van der Waals surface area (Å²) in [6.07, 6.45) is 3.72. The molecule has 0 radical (unpaired) electrons. The first-order valence-electron chi connectivity index (χ1n) is 9.69. The van der Waals surface area contributed by atoms with E-state index in [0.717, 1.165) is 16.5 Å². The first-order chi connectivity index (χ1) is 15.0. The van der Waals surface area contributed by atoms with Crippen LogP contribution in [0.1, 0.15) is 21.5 Å². The second kappa shape index (κ2) is 7.60. The molecular formula is C25H17ClFNO3. The molecule has 1 aliphatic rings. The van der Waals surface area contributed by atoms with Crippen molar-refractivity contribution in [1.82, 2.24) is 4.57 Å². The molecule has 0 atom stereocenters. The van der Waals surface area contributed by atoms with Gasteiger partial charge in [-0.1, -0.05) is 35.9 Å². The zero-order valence-corrected chi connectivity index (χ0v) is 17.3. The fourth-order valence-corrected chi connectivity index (χ4v) is 3.93. The minimum Gasteiger partial charge on any atom is -0.489 e. The van der Waals surface area contributed by atoms with E-state index in [1.807, 2.05) is 42.1 Å². The van der Waals surface area contributed by atoms with E-state index in [1.54, 1.807) is 36.4 Å². The van der Waals surface area contributed by atoms with Crippen molar-refractivity contribution in [2.24, 2.45) is 7.05 Å². The van der Waals surface area contributed by atoms with Gasteiger partial charge in [-0.15, -0.1) is 0 Å². The molecule has 0 fully saturated rings. The number of ether oxygens (including phenoxy) is 2. The van der Waals surface area contributed by atoms with E-state index in [9.17, 15) is 9.18 Å². The van der Waals surface area contributed by atoms with Crippen molar-refractivity contribution in [3.05, 3.63) is 100 Å². The van der Waals surface area contributed by atoms with Gasteiger partial charge in [0.25, 0.3) is 0 Å². The summed E-state index contributed by atoms with van der Waals surface area (Å²) < 4.78 is 27.5. The lowest BCUT2D eigenvalue weighted by Gasteiger charge is -2.09. The molecule has 0 unspecified atom stereocenters. The first-order valence-corrected chi connectivity index (χ1v) is 10.1. The molecule has 6 heteroatoms. The van der Waals surface area contributed by atoms with E-state index in [0.29, 0.717) is 22.1 Å². The van der Waals surface area contributed by atoms with Crippen LogP contribution in [0.15, 0.2) is 72.6 Å². The molecule has 4 aromatic rings. The summed E-state index contributed by atoms with van der Waals surface area (Å²) in [5.74, 6) is 0.499. The molecule has 5 rings (SSSR count). The Morgan fingerprint density at radius 1 is 1.13 bits per heavy atom. The average Bonchev–Trinajstić information content (AvgIpc) is 3.24. The normalized spacial score (nSPS) is 14.2. The summed E-state index contributed by atoms with van der Waals surface area (Å²) in [7, 11) is 1.96. The van der Waals surface area contributed by atoms with E-state index < -0.39 is 5.82 Å². The quantitative estimate of drug-likeness (QED) is 0.361. The monoisotopic (exact) mass is 433 g/mol. The van der Waals surface area contributed by atoms with Gasteiger partial charge in [-0.3, -0.25) is 4.79 Å². The molecule has 0 bridgehead atoms. The predicted molar refractivity (Wildman–Crippen MR) is 118 cm³/mol. The lowest BCUT2D eigenvalue weighted by molar-refractivity contribution is 0.101. The maximum atomic E-state index is 14.0. The van der Waals surface area contributed by atoms with Gasteiger partial charge in [-0.2, -0.15) is 0 Å². The topological polar surface area (TPSA) is 40.5 Å². The Balaban J connectivity index is 1.40. The number of Topliss-reactive ketones (excluding diaryl/α,β-unsaturated/α-hetero) is 1. The second-order valence-corrected chi connectivity index (χ2v) is 7.71. The fraction of sp³-hybridized carbons (Fsp3) is 0.0800. The molecule has 0 saturated carbocycles. The van der Waals surface area contributed by atoms with Gasteiger partial charge >= 0.3 is 0 Å². The van der Waals surface area contributed by atoms with Gasteiger partial charge in [0, 0.05) is 41.3 Å². The highest BCUT2D eigenvalue weighted by atomic mass is 35.5. The number of halogens is 2. The Kier molecular flexibility index (Phi) is 4.75.